The Bertz CT molecular complexity index is 1250. The molecule has 2 aromatic rings. The number of nitrogens with one attached hydrogen (secondary N) is 1. The number of halogens is 1. The summed E-state index contributed by atoms with van der Waals surface area (Å²) < 4.78 is 12.8. The number of carbonyl (C=O) groups excluding carboxylic acids is 2. The summed E-state index contributed by atoms with van der Waals surface area (Å²) >= 11 is 1.74. The minimum Gasteiger partial charge on any atom is -0.359 e. The molecule has 2 aliphatic rings. The van der Waals surface area contributed by atoms with E-state index in [1.54, 1.807) is 30.5 Å². The van der Waals surface area contributed by atoms with Crippen LogP contribution in [0.15, 0.2) is 76.1 Å². The summed E-state index contributed by atoms with van der Waals surface area (Å²) in [6.07, 6.45) is 12.8. The van der Waals surface area contributed by atoms with Gasteiger partial charge >= 0.3 is 0 Å². The Morgan fingerprint density at radius 3 is 2.42 bits per heavy atom. The molecule has 1 saturated heterocycles. The summed E-state index contributed by atoms with van der Waals surface area (Å²) in [7, 11) is 1.60. The van der Waals surface area contributed by atoms with Crippen molar-refractivity contribution >= 4 is 34.4 Å². The van der Waals surface area contributed by atoms with Crippen molar-refractivity contribution in [1.29, 1.82) is 0 Å². The van der Waals surface area contributed by atoms with Gasteiger partial charge in [-0.25, -0.2) is 4.39 Å². The number of likely N-dealkylation sites (tertiary alicyclic amines) is 1. The lowest BCUT2D eigenvalue weighted by Crippen LogP contribution is -2.41. The van der Waals surface area contributed by atoms with E-state index in [0.717, 1.165) is 49.7 Å². The summed E-state index contributed by atoms with van der Waals surface area (Å²) in [5, 5.41) is 10.5. The lowest BCUT2D eigenvalue weighted by Gasteiger charge is -2.28. The quantitative estimate of drug-likeness (QED) is 0.160. The zero-order chi connectivity index (χ0) is 31.6. The van der Waals surface area contributed by atoms with E-state index >= 15 is 0 Å². The van der Waals surface area contributed by atoms with Crippen LogP contribution < -0.4 is 11.2 Å². The van der Waals surface area contributed by atoms with E-state index in [-0.39, 0.29) is 11.7 Å². The molecule has 9 heteroatoms. The minimum absolute atomic E-state index is 0.00463. The molecule has 2 aliphatic heterocycles. The molecule has 4 rings (SSSR count). The van der Waals surface area contributed by atoms with Crippen LogP contribution in [0.5, 0.6) is 0 Å². The first-order valence-electron chi connectivity index (χ1n) is 15.0. The number of amides is 2. The number of thiophene rings is 1. The van der Waals surface area contributed by atoms with Gasteiger partial charge in [0.15, 0.2) is 0 Å². The monoisotopic (exact) mass is 609 g/mol. The van der Waals surface area contributed by atoms with Gasteiger partial charge in [0.05, 0.1) is 12.3 Å². The van der Waals surface area contributed by atoms with Gasteiger partial charge in [0.2, 0.25) is 11.8 Å². The summed E-state index contributed by atoms with van der Waals surface area (Å²) in [4.78, 5) is 26.5. The van der Waals surface area contributed by atoms with Crippen LogP contribution in [0.1, 0.15) is 64.5 Å². The molecule has 0 saturated carbocycles. The largest absolute Gasteiger partial charge is 0.359 e. The molecule has 3 N–H and O–H groups in total. The second-order valence-corrected chi connectivity index (χ2v) is 11.3. The van der Waals surface area contributed by atoms with Crippen LogP contribution in [-0.2, 0) is 9.59 Å². The van der Waals surface area contributed by atoms with Crippen molar-refractivity contribution in [3.05, 3.63) is 87.9 Å². The lowest BCUT2D eigenvalue weighted by molar-refractivity contribution is -0.131. The van der Waals surface area contributed by atoms with E-state index in [9.17, 15) is 14.0 Å². The first kappa shape index (κ1) is 35.6. The van der Waals surface area contributed by atoms with Gasteiger partial charge in [0, 0.05) is 39.2 Å². The molecular formula is C34H48FN5O2S. The highest BCUT2D eigenvalue weighted by molar-refractivity contribution is 7.08. The van der Waals surface area contributed by atoms with Gasteiger partial charge in [-0.1, -0.05) is 37.6 Å². The lowest BCUT2D eigenvalue weighted by atomic mass is 10.0. The molecular weight excluding hydrogens is 561 g/mol. The number of rotatable bonds is 8. The Kier molecular flexibility index (Phi) is 16.2. The summed E-state index contributed by atoms with van der Waals surface area (Å²) in [5.74, 6) is 6.22. The van der Waals surface area contributed by atoms with Crippen molar-refractivity contribution in [3.8, 4) is 0 Å². The fourth-order valence-corrected chi connectivity index (χ4v) is 5.69. The molecule has 1 aromatic carbocycles. The van der Waals surface area contributed by atoms with Gasteiger partial charge in [-0.2, -0.15) is 16.4 Å². The van der Waals surface area contributed by atoms with Crippen molar-refractivity contribution in [2.24, 2.45) is 16.9 Å². The number of carbonyl (C=O) groups is 2. The Hall–Kier alpha value is -3.56. The molecule has 0 spiro atoms. The van der Waals surface area contributed by atoms with E-state index < -0.39 is 0 Å². The average molecular weight is 610 g/mol. The maximum Gasteiger partial charge on any atom is 0.237 e. The molecule has 7 nitrogen and oxygen atoms in total. The van der Waals surface area contributed by atoms with Crippen LogP contribution in [-0.4, -0.2) is 67.1 Å². The van der Waals surface area contributed by atoms with E-state index in [1.807, 2.05) is 37.0 Å². The smallest absolute Gasteiger partial charge is 0.237 e. The number of benzene rings is 1. The molecule has 1 atom stereocenters. The van der Waals surface area contributed by atoms with Crippen molar-refractivity contribution in [3.63, 3.8) is 0 Å². The maximum absolute atomic E-state index is 12.8. The van der Waals surface area contributed by atoms with Gasteiger partial charge in [0.1, 0.15) is 5.82 Å². The number of hydrazone groups is 1. The molecule has 0 aliphatic carbocycles. The summed E-state index contributed by atoms with van der Waals surface area (Å²) in [5.41, 5.74) is 5.10. The molecule has 0 bridgehead atoms. The summed E-state index contributed by atoms with van der Waals surface area (Å²) in [6.45, 7) is 12.0. The third kappa shape index (κ3) is 12.3. The van der Waals surface area contributed by atoms with Crippen LogP contribution >= 0.6 is 11.3 Å². The SMILES string of the molecule is CCCC1CCN(CC(=O)N2CC=C(c3ccsc3)CC2)C1.CNC(C)=O.C\C=C/C(=C\C)C(=N\N)/c1ccc(F)cc1. The molecule has 43 heavy (non-hydrogen) atoms. The fourth-order valence-electron chi connectivity index (χ4n) is 5.01. The summed E-state index contributed by atoms with van der Waals surface area (Å²) in [6, 6.07) is 8.28. The Morgan fingerprint density at radius 2 is 1.91 bits per heavy atom. The predicted molar refractivity (Wildman–Crippen MR) is 178 cm³/mol. The zero-order valence-corrected chi connectivity index (χ0v) is 27.1. The topological polar surface area (TPSA) is 91.0 Å². The van der Waals surface area contributed by atoms with Crippen molar-refractivity contribution in [2.45, 2.75) is 53.4 Å². The molecule has 1 fully saturated rings. The van der Waals surface area contributed by atoms with E-state index in [2.05, 4.69) is 45.1 Å². The highest BCUT2D eigenvalue weighted by atomic mass is 32.1. The Labute approximate surface area is 261 Å². The molecule has 1 aromatic heterocycles. The van der Waals surface area contributed by atoms with Crippen LogP contribution in [0.4, 0.5) is 4.39 Å². The second-order valence-electron chi connectivity index (χ2n) is 10.5. The first-order valence-corrected chi connectivity index (χ1v) is 15.9. The fraction of sp³-hybridized carbons (Fsp3) is 0.441. The molecule has 0 radical (unpaired) electrons. The number of hydrogen-bond donors (Lipinski definition) is 2. The van der Waals surface area contributed by atoms with E-state index in [1.165, 1.54) is 49.5 Å². The van der Waals surface area contributed by atoms with E-state index in [4.69, 9.17) is 5.84 Å². The third-order valence-electron chi connectivity index (χ3n) is 7.41. The van der Waals surface area contributed by atoms with Gasteiger partial charge < -0.3 is 16.1 Å². The highest BCUT2D eigenvalue weighted by Gasteiger charge is 2.26. The molecule has 1 unspecified atom stereocenters. The van der Waals surface area contributed by atoms with Gasteiger partial charge in [-0.15, -0.1) is 0 Å². The Morgan fingerprint density at radius 1 is 1.19 bits per heavy atom. The minimum atomic E-state index is -0.270. The van der Waals surface area contributed by atoms with E-state index in [0.29, 0.717) is 18.2 Å². The number of hydrogen-bond acceptors (Lipinski definition) is 6. The van der Waals surface area contributed by atoms with Crippen molar-refractivity contribution in [2.75, 3.05) is 39.8 Å². The maximum atomic E-state index is 12.8. The van der Waals surface area contributed by atoms with Crippen molar-refractivity contribution in [1.82, 2.24) is 15.1 Å². The molecule has 3 heterocycles. The zero-order valence-electron chi connectivity index (χ0n) is 26.3. The average Bonchev–Trinajstić information content (AvgIpc) is 3.72. The third-order valence-corrected chi connectivity index (χ3v) is 8.09. The van der Waals surface area contributed by atoms with Crippen LogP contribution in [0.25, 0.3) is 5.57 Å². The number of allylic oxidation sites excluding steroid dienone is 4. The standard InChI is InChI=1S/C18H26N2OS.C13H15FN2.C3H7NO/c1-2-3-15-4-8-19(12-15)13-18(21)20-9-5-16(6-10-20)17-7-11-22-14-17;1-3-5-10(4-2)13(16-15)11-6-8-12(14)9-7-11;1-3(5)4-2/h5,7,11,14-15H,2-4,6,8-10,12-13H2,1H3;3-9H,15H2,1-2H3;1-2H3,(H,4,5)/b;5-3-,10-4+,16-13+;. The Balaban J connectivity index is 0.000000270. The first-order chi connectivity index (χ1) is 20.8. The van der Waals surface area contributed by atoms with Crippen LogP contribution in [0.2, 0.25) is 0 Å². The molecule has 2 amide bonds. The van der Waals surface area contributed by atoms with Gasteiger partial charge in [-0.3, -0.25) is 14.5 Å². The normalized spacial score (nSPS) is 17.5. The van der Waals surface area contributed by atoms with Gasteiger partial charge in [0.25, 0.3) is 0 Å². The highest BCUT2D eigenvalue weighted by Crippen LogP contribution is 2.25. The van der Waals surface area contributed by atoms with Crippen LogP contribution in [0.3, 0.4) is 0 Å². The van der Waals surface area contributed by atoms with Crippen molar-refractivity contribution < 1.29 is 14.0 Å². The van der Waals surface area contributed by atoms with Gasteiger partial charge in [-0.05, 0) is 103 Å². The number of nitrogens with two attached hydrogens (primary N) is 1. The van der Waals surface area contributed by atoms with Crippen LogP contribution in [0, 0.1) is 11.7 Å². The molecule has 234 valence electrons. The predicted octanol–water partition coefficient (Wildman–Crippen LogP) is 6.25. The second kappa shape index (κ2) is 19.6. The number of nitrogens with zero attached hydrogens (tertiary/aromatic N) is 3.